The van der Waals surface area contributed by atoms with Gasteiger partial charge in [0.1, 0.15) is 6.42 Å². The van der Waals surface area contributed by atoms with Crippen LogP contribution in [0.2, 0.25) is 0 Å². The largest absolute Gasteiger partial charge is 0.481 e. The highest BCUT2D eigenvalue weighted by Gasteiger charge is 2.36. The molecule has 1 aromatic rings. The molecule has 1 fully saturated rings. The Morgan fingerprint density at radius 3 is 3.07 bits per heavy atom. The summed E-state index contributed by atoms with van der Waals surface area (Å²) in [6.45, 7) is 3.22. The fourth-order valence-corrected chi connectivity index (χ4v) is 1.54. The number of ether oxygens (including phenoxy) is 1. The van der Waals surface area contributed by atoms with Crippen molar-refractivity contribution in [1.29, 1.82) is 0 Å². The van der Waals surface area contributed by atoms with Crippen molar-refractivity contribution in [3.05, 3.63) is 11.7 Å². The molecule has 0 aliphatic carbocycles. The van der Waals surface area contributed by atoms with Crippen molar-refractivity contribution >= 4 is 5.97 Å². The van der Waals surface area contributed by atoms with Crippen molar-refractivity contribution in [2.45, 2.75) is 25.2 Å². The first-order chi connectivity index (χ1) is 7.10. The van der Waals surface area contributed by atoms with E-state index in [1.165, 1.54) is 0 Å². The van der Waals surface area contributed by atoms with E-state index in [9.17, 15) is 4.79 Å². The van der Waals surface area contributed by atoms with Crippen molar-refractivity contribution in [3.8, 4) is 0 Å². The molecule has 6 heteroatoms. The molecule has 1 unspecified atom stereocenters. The SMILES string of the molecule is CC1(c2noc(CC(=O)O)n2)CCOC1. The van der Waals surface area contributed by atoms with Gasteiger partial charge in [0, 0.05) is 6.61 Å². The van der Waals surface area contributed by atoms with Gasteiger partial charge in [-0.1, -0.05) is 5.16 Å². The zero-order valence-corrected chi connectivity index (χ0v) is 8.39. The van der Waals surface area contributed by atoms with Crippen LogP contribution in [0.25, 0.3) is 0 Å². The minimum absolute atomic E-state index is 0.144. The third-order valence-corrected chi connectivity index (χ3v) is 2.53. The fourth-order valence-electron chi connectivity index (χ4n) is 1.54. The summed E-state index contributed by atoms with van der Waals surface area (Å²) in [7, 11) is 0. The lowest BCUT2D eigenvalue weighted by Crippen LogP contribution is -2.23. The van der Waals surface area contributed by atoms with Gasteiger partial charge in [0.25, 0.3) is 0 Å². The summed E-state index contributed by atoms with van der Waals surface area (Å²) >= 11 is 0. The minimum Gasteiger partial charge on any atom is -0.481 e. The summed E-state index contributed by atoms with van der Waals surface area (Å²) in [6.07, 6.45) is 0.600. The van der Waals surface area contributed by atoms with Crippen LogP contribution >= 0.6 is 0 Å². The molecule has 2 heterocycles. The summed E-state index contributed by atoms with van der Waals surface area (Å²) in [6, 6.07) is 0. The molecule has 0 bridgehead atoms. The zero-order valence-electron chi connectivity index (χ0n) is 8.39. The number of nitrogens with zero attached hydrogens (tertiary/aromatic N) is 2. The minimum atomic E-state index is -0.974. The fraction of sp³-hybridized carbons (Fsp3) is 0.667. The molecule has 2 rings (SSSR count). The van der Waals surface area contributed by atoms with Crippen LogP contribution in [0.1, 0.15) is 25.1 Å². The first-order valence-electron chi connectivity index (χ1n) is 4.73. The van der Waals surface area contributed by atoms with Gasteiger partial charge in [-0.3, -0.25) is 4.79 Å². The Morgan fingerprint density at radius 1 is 1.67 bits per heavy atom. The van der Waals surface area contributed by atoms with Crippen LogP contribution in [0, 0.1) is 0 Å². The zero-order chi connectivity index (χ0) is 10.9. The molecule has 1 atom stereocenters. The number of rotatable bonds is 3. The highest BCUT2D eigenvalue weighted by Crippen LogP contribution is 2.30. The molecule has 1 aliphatic rings. The average Bonchev–Trinajstić information content (AvgIpc) is 2.74. The maximum atomic E-state index is 10.4. The molecule has 1 saturated heterocycles. The van der Waals surface area contributed by atoms with E-state index in [0.29, 0.717) is 19.0 Å². The van der Waals surface area contributed by atoms with Crippen LogP contribution in [0.15, 0.2) is 4.52 Å². The molecule has 0 amide bonds. The molecular formula is C9H12N2O4. The average molecular weight is 212 g/mol. The third kappa shape index (κ3) is 1.99. The Hall–Kier alpha value is -1.43. The molecule has 0 radical (unpaired) electrons. The quantitative estimate of drug-likeness (QED) is 0.779. The van der Waals surface area contributed by atoms with Crippen molar-refractivity contribution in [2.24, 2.45) is 0 Å². The maximum Gasteiger partial charge on any atom is 0.312 e. The molecule has 0 spiro atoms. The Bertz CT molecular complexity index is 368. The molecule has 0 saturated carbocycles. The molecule has 1 N–H and O–H groups in total. The second-order valence-electron chi connectivity index (χ2n) is 3.95. The van der Waals surface area contributed by atoms with Gasteiger partial charge in [0.15, 0.2) is 5.82 Å². The smallest absolute Gasteiger partial charge is 0.312 e. The number of carboxylic acid groups (broad SMARTS) is 1. The summed E-state index contributed by atoms with van der Waals surface area (Å²) in [5.74, 6) is -0.292. The van der Waals surface area contributed by atoms with Crippen molar-refractivity contribution in [3.63, 3.8) is 0 Å². The third-order valence-electron chi connectivity index (χ3n) is 2.53. The van der Waals surface area contributed by atoms with E-state index >= 15 is 0 Å². The highest BCUT2D eigenvalue weighted by molar-refractivity contribution is 5.68. The number of hydrogen-bond acceptors (Lipinski definition) is 5. The van der Waals surface area contributed by atoms with Gasteiger partial charge in [-0.25, -0.2) is 0 Å². The molecule has 15 heavy (non-hydrogen) atoms. The Kier molecular flexibility index (Phi) is 2.44. The van der Waals surface area contributed by atoms with Crippen LogP contribution in [0.5, 0.6) is 0 Å². The van der Waals surface area contributed by atoms with Crippen LogP contribution in [-0.2, 0) is 21.4 Å². The summed E-state index contributed by atoms with van der Waals surface area (Å²) < 4.78 is 10.1. The normalized spacial score (nSPS) is 25.7. The predicted molar refractivity (Wildman–Crippen MR) is 48.4 cm³/mol. The second-order valence-corrected chi connectivity index (χ2v) is 3.95. The van der Waals surface area contributed by atoms with Gasteiger partial charge in [-0.15, -0.1) is 0 Å². The van der Waals surface area contributed by atoms with Crippen LogP contribution in [0.3, 0.4) is 0 Å². The molecular weight excluding hydrogens is 200 g/mol. The van der Waals surface area contributed by atoms with Crippen molar-refractivity contribution < 1.29 is 19.2 Å². The molecule has 1 aliphatic heterocycles. The van der Waals surface area contributed by atoms with Crippen molar-refractivity contribution in [2.75, 3.05) is 13.2 Å². The predicted octanol–water partition coefficient (Wildman–Crippen LogP) is 0.375. The Balaban J connectivity index is 2.15. The van der Waals surface area contributed by atoms with Crippen molar-refractivity contribution in [1.82, 2.24) is 10.1 Å². The Labute approximate surface area is 86.2 Å². The van der Waals surface area contributed by atoms with E-state index in [2.05, 4.69) is 10.1 Å². The van der Waals surface area contributed by atoms with Gasteiger partial charge >= 0.3 is 5.97 Å². The number of aromatic nitrogens is 2. The molecule has 0 aromatic carbocycles. The monoisotopic (exact) mass is 212 g/mol. The molecule has 1 aromatic heterocycles. The second kappa shape index (κ2) is 3.62. The topological polar surface area (TPSA) is 85.5 Å². The maximum absolute atomic E-state index is 10.4. The standard InChI is InChI=1S/C9H12N2O4/c1-9(2-3-14-5-9)8-10-6(15-11-8)4-7(12)13/h2-5H2,1H3,(H,12,13). The van der Waals surface area contributed by atoms with E-state index in [4.69, 9.17) is 14.4 Å². The Morgan fingerprint density at radius 2 is 2.47 bits per heavy atom. The van der Waals surface area contributed by atoms with E-state index in [0.717, 1.165) is 6.42 Å². The lowest BCUT2D eigenvalue weighted by Gasteiger charge is -2.15. The van der Waals surface area contributed by atoms with Gasteiger partial charge in [-0.05, 0) is 13.3 Å². The van der Waals surface area contributed by atoms with E-state index in [1.807, 2.05) is 6.92 Å². The number of hydrogen-bond donors (Lipinski definition) is 1. The van der Waals surface area contributed by atoms with E-state index in [1.54, 1.807) is 0 Å². The van der Waals surface area contributed by atoms with E-state index in [-0.39, 0.29) is 17.7 Å². The summed E-state index contributed by atoms with van der Waals surface area (Å²) in [5.41, 5.74) is -0.236. The van der Waals surface area contributed by atoms with Crippen LogP contribution < -0.4 is 0 Å². The van der Waals surface area contributed by atoms with Gasteiger partial charge in [0.05, 0.1) is 12.0 Å². The lowest BCUT2D eigenvalue weighted by molar-refractivity contribution is -0.136. The molecule has 82 valence electrons. The molecule has 6 nitrogen and oxygen atoms in total. The van der Waals surface area contributed by atoms with Crippen LogP contribution in [-0.4, -0.2) is 34.4 Å². The number of carbonyl (C=O) groups is 1. The lowest BCUT2D eigenvalue weighted by atomic mass is 9.89. The van der Waals surface area contributed by atoms with Crippen LogP contribution in [0.4, 0.5) is 0 Å². The first-order valence-corrected chi connectivity index (χ1v) is 4.73. The number of aliphatic carboxylic acids is 1. The van der Waals surface area contributed by atoms with Gasteiger partial charge < -0.3 is 14.4 Å². The van der Waals surface area contributed by atoms with Gasteiger partial charge in [-0.2, -0.15) is 4.98 Å². The number of carboxylic acids is 1. The highest BCUT2D eigenvalue weighted by atomic mass is 16.5. The summed E-state index contributed by atoms with van der Waals surface area (Å²) in [5, 5.41) is 12.3. The summed E-state index contributed by atoms with van der Waals surface area (Å²) in [4.78, 5) is 14.5. The van der Waals surface area contributed by atoms with E-state index < -0.39 is 5.97 Å². The first kappa shape index (κ1) is 10.1. The van der Waals surface area contributed by atoms with Gasteiger partial charge in [0.2, 0.25) is 5.89 Å².